The highest BCUT2D eigenvalue weighted by atomic mass is 16.5. The molecule has 0 spiro atoms. The summed E-state index contributed by atoms with van der Waals surface area (Å²) in [5.74, 6) is 2.25. The van der Waals surface area contributed by atoms with Crippen molar-refractivity contribution in [2.75, 3.05) is 12.4 Å². The highest BCUT2D eigenvalue weighted by molar-refractivity contribution is 6.00. The molecule has 30 heavy (non-hydrogen) atoms. The molecule has 3 aromatic rings. The van der Waals surface area contributed by atoms with Gasteiger partial charge in [-0.3, -0.25) is 4.79 Å². The van der Waals surface area contributed by atoms with Gasteiger partial charge in [-0.25, -0.2) is 4.68 Å². The van der Waals surface area contributed by atoms with Crippen molar-refractivity contribution in [3.63, 3.8) is 0 Å². The molecule has 1 N–H and O–H groups in total. The van der Waals surface area contributed by atoms with E-state index in [1.54, 1.807) is 7.11 Å². The van der Waals surface area contributed by atoms with Gasteiger partial charge in [0.25, 0.3) is 0 Å². The lowest BCUT2D eigenvalue weighted by molar-refractivity contribution is -0.118. The van der Waals surface area contributed by atoms with Crippen LogP contribution in [0.25, 0.3) is 11.4 Å². The standard InChI is InChI=1S/C24H24N4O2/c1-24(2)13-18-20(19(29)14-24)21(15-9-11-17(30-3)12-10-15)28-23(25-18)26-22(27-28)16-7-5-4-6-8-16/h4-12,21H,13-14H2,1-3H3,(H,25,26,27)/t21-/m1/s1. The topological polar surface area (TPSA) is 69.0 Å². The maximum absolute atomic E-state index is 13.3. The maximum Gasteiger partial charge on any atom is 0.226 e. The van der Waals surface area contributed by atoms with Crippen LogP contribution in [0, 0.1) is 5.41 Å². The summed E-state index contributed by atoms with van der Waals surface area (Å²) in [5, 5.41) is 8.23. The van der Waals surface area contributed by atoms with Gasteiger partial charge in [-0.2, -0.15) is 4.98 Å². The summed E-state index contributed by atoms with van der Waals surface area (Å²) in [6.45, 7) is 4.26. The van der Waals surface area contributed by atoms with Crippen molar-refractivity contribution in [3.05, 3.63) is 71.4 Å². The van der Waals surface area contributed by atoms with Crippen LogP contribution in [0.4, 0.5) is 5.95 Å². The normalized spacial score (nSPS) is 19.7. The minimum atomic E-state index is -0.310. The van der Waals surface area contributed by atoms with Crippen LogP contribution in [-0.4, -0.2) is 27.7 Å². The summed E-state index contributed by atoms with van der Waals surface area (Å²) in [5.41, 5.74) is 3.59. The number of methoxy groups -OCH3 is 1. The molecule has 2 aliphatic rings. The average molecular weight is 400 g/mol. The molecule has 6 heteroatoms. The molecule has 2 aromatic carbocycles. The van der Waals surface area contributed by atoms with Crippen LogP contribution >= 0.6 is 0 Å². The zero-order chi connectivity index (χ0) is 20.9. The second kappa shape index (κ2) is 6.83. The second-order valence-corrected chi connectivity index (χ2v) is 8.70. The van der Waals surface area contributed by atoms with Gasteiger partial charge in [-0.05, 0) is 29.5 Å². The Morgan fingerprint density at radius 2 is 1.80 bits per heavy atom. The van der Waals surface area contributed by atoms with Crippen molar-refractivity contribution in [2.45, 2.75) is 32.7 Å². The summed E-state index contributed by atoms with van der Waals surface area (Å²) < 4.78 is 7.16. The Labute approximate surface area is 175 Å². The SMILES string of the molecule is COc1ccc([C@@H]2C3=C(CC(C)(C)CC3=O)Nc3nc(-c4ccccc4)nn32)cc1. The fourth-order valence-corrected chi connectivity index (χ4v) is 4.41. The van der Waals surface area contributed by atoms with E-state index in [4.69, 9.17) is 14.8 Å². The van der Waals surface area contributed by atoms with E-state index in [0.29, 0.717) is 18.2 Å². The number of allylic oxidation sites excluding steroid dienone is 2. The molecular formula is C24H24N4O2. The maximum atomic E-state index is 13.3. The lowest BCUT2D eigenvalue weighted by Gasteiger charge is -2.38. The number of Topliss-reactive ketones (excluding diaryl/α,β-unsaturated/α-hetero) is 1. The van der Waals surface area contributed by atoms with Gasteiger partial charge >= 0.3 is 0 Å². The number of nitrogens with one attached hydrogen (secondary N) is 1. The first-order chi connectivity index (χ1) is 14.4. The van der Waals surface area contributed by atoms with E-state index in [0.717, 1.165) is 34.6 Å². The van der Waals surface area contributed by atoms with Crippen molar-refractivity contribution >= 4 is 11.7 Å². The summed E-state index contributed by atoms with van der Waals surface area (Å²) in [4.78, 5) is 18.0. The van der Waals surface area contributed by atoms with Crippen LogP contribution < -0.4 is 10.1 Å². The fourth-order valence-electron chi connectivity index (χ4n) is 4.41. The zero-order valence-corrected chi connectivity index (χ0v) is 17.3. The first-order valence-corrected chi connectivity index (χ1v) is 10.1. The van der Waals surface area contributed by atoms with Gasteiger partial charge in [0.2, 0.25) is 5.95 Å². The van der Waals surface area contributed by atoms with E-state index in [-0.39, 0.29) is 17.2 Å². The quantitative estimate of drug-likeness (QED) is 0.695. The molecule has 1 aliphatic heterocycles. The van der Waals surface area contributed by atoms with Crippen molar-refractivity contribution in [3.8, 4) is 17.1 Å². The van der Waals surface area contributed by atoms with E-state index in [9.17, 15) is 4.79 Å². The number of anilines is 1. The Hall–Kier alpha value is -3.41. The van der Waals surface area contributed by atoms with E-state index < -0.39 is 0 Å². The highest BCUT2D eigenvalue weighted by Crippen LogP contribution is 2.45. The molecule has 5 rings (SSSR count). The molecule has 1 aliphatic carbocycles. The predicted octanol–water partition coefficient (Wildman–Crippen LogP) is 4.61. The summed E-state index contributed by atoms with van der Waals surface area (Å²) in [6.07, 6.45) is 1.32. The largest absolute Gasteiger partial charge is 0.497 e. The number of aromatic nitrogens is 3. The molecule has 0 saturated carbocycles. The third-order valence-electron chi connectivity index (χ3n) is 5.80. The fraction of sp³-hybridized carbons (Fsp3) is 0.292. The molecule has 0 amide bonds. The lowest BCUT2D eigenvalue weighted by Crippen LogP contribution is -2.36. The van der Waals surface area contributed by atoms with Gasteiger partial charge in [0, 0.05) is 23.3 Å². The molecule has 1 atom stereocenters. The van der Waals surface area contributed by atoms with Crippen LogP contribution in [0.1, 0.15) is 38.3 Å². The first kappa shape index (κ1) is 18.6. The van der Waals surface area contributed by atoms with Crippen LogP contribution in [0.5, 0.6) is 5.75 Å². The molecule has 2 heterocycles. The Morgan fingerprint density at radius 1 is 1.07 bits per heavy atom. The first-order valence-electron chi connectivity index (χ1n) is 10.1. The molecule has 0 bridgehead atoms. The van der Waals surface area contributed by atoms with Crippen molar-refractivity contribution < 1.29 is 9.53 Å². The number of ether oxygens (including phenoxy) is 1. The Bertz CT molecular complexity index is 1140. The van der Waals surface area contributed by atoms with Crippen molar-refractivity contribution in [1.29, 1.82) is 0 Å². The average Bonchev–Trinajstić information content (AvgIpc) is 3.16. The lowest BCUT2D eigenvalue weighted by atomic mass is 9.73. The molecule has 0 fully saturated rings. The van der Waals surface area contributed by atoms with Crippen molar-refractivity contribution in [1.82, 2.24) is 14.8 Å². The molecule has 152 valence electrons. The number of carbonyl (C=O) groups is 1. The third-order valence-corrected chi connectivity index (χ3v) is 5.80. The van der Waals surface area contributed by atoms with Crippen LogP contribution in [0.15, 0.2) is 65.9 Å². The van der Waals surface area contributed by atoms with E-state index in [1.807, 2.05) is 59.3 Å². The minimum absolute atomic E-state index is 0.0855. The summed E-state index contributed by atoms with van der Waals surface area (Å²) >= 11 is 0. The number of fused-ring (bicyclic) bond motifs is 1. The molecule has 0 saturated heterocycles. The van der Waals surface area contributed by atoms with Crippen LogP contribution in [0.3, 0.4) is 0 Å². The van der Waals surface area contributed by atoms with Gasteiger partial charge in [0.15, 0.2) is 11.6 Å². The van der Waals surface area contributed by atoms with Crippen molar-refractivity contribution in [2.24, 2.45) is 5.41 Å². The van der Waals surface area contributed by atoms with E-state index in [2.05, 4.69) is 19.2 Å². The smallest absolute Gasteiger partial charge is 0.226 e. The molecule has 0 radical (unpaired) electrons. The van der Waals surface area contributed by atoms with Crippen LogP contribution in [0.2, 0.25) is 0 Å². The number of ketones is 1. The minimum Gasteiger partial charge on any atom is -0.497 e. The highest BCUT2D eigenvalue weighted by Gasteiger charge is 2.41. The molecular weight excluding hydrogens is 376 g/mol. The number of benzene rings is 2. The zero-order valence-electron chi connectivity index (χ0n) is 17.3. The Morgan fingerprint density at radius 3 is 2.50 bits per heavy atom. The number of hydrogen-bond donors (Lipinski definition) is 1. The molecule has 6 nitrogen and oxygen atoms in total. The predicted molar refractivity (Wildman–Crippen MR) is 115 cm³/mol. The monoisotopic (exact) mass is 400 g/mol. The number of carbonyl (C=O) groups excluding carboxylic acids is 1. The van der Waals surface area contributed by atoms with Crippen LogP contribution in [-0.2, 0) is 4.79 Å². The second-order valence-electron chi connectivity index (χ2n) is 8.70. The Balaban J connectivity index is 1.67. The number of rotatable bonds is 3. The third kappa shape index (κ3) is 3.09. The Kier molecular flexibility index (Phi) is 4.24. The van der Waals surface area contributed by atoms with Gasteiger partial charge in [-0.15, -0.1) is 5.10 Å². The summed E-state index contributed by atoms with van der Waals surface area (Å²) in [7, 11) is 1.65. The van der Waals surface area contributed by atoms with Gasteiger partial charge in [0.1, 0.15) is 11.8 Å². The van der Waals surface area contributed by atoms with E-state index in [1.165, 1.54) is 0 Å². The number of hydrogen-bond acceptors (Lipinski definition) is 5. The van der Waals surface area contributed by atoms with Gasteiger partial charge in [-0.1, -0.05) is 56.3 Å². The summed E-state index contributed by atoms with van der Waals surface area (Å²) in [6, 6.07) is 17.4. The van der Waals surface area contributed by atoms with Gasteiger partial charge in [0.05, 0.1) is 7.11 Å². The molecule has 0 unspecified atom stereocenters. The van der Waals surface area contributed by atoms with E-state index >= 15 is 0 Å². The van der Waals surface area contributed by atoms with Gasteiger partial charge < -0.3 is 10.1 Å². The molecule has 1 aromatic heterocycles. The number of nitrogens with zero attached hydrogens (tertiary/aromatic N) is 3.